The summed E-state index contributed by atoms with van der Waals surface area (Å²) in [5, 5.41) is 0. The SMILES string of the molecule is Cc1ccc(C)c(S(=O)(=O)NNC(=O)c2cc(Br)c[nH]2)c1. The maximum absolute atomic E-state index is 12.2. The largest absolute Gasteiger partial charge is 0.356 e. The Bertz CT molecular complexity index is 784. The Morgan fingerprint density at radius 1 is 1.24 bits per heavy atom. The van der Waals surface area contributed by atoms with E-state index in [0.29, 0.717) is 10.0 Å². The lowest BCUT2D eigenvalue weighted by molar-refractivity contribution is 0.0940. The lowest BCUT2D eigenvalue weighted by atomic mass is 10.2. The van der Waals surface area contributed by atoms with Crippen LogP contribution in [0, 0.1) is 13.8 Å². The van der Waals surface area contributed by atoms with E-state index in [2.05, 4.69) is 31.2 Å². The first-order chi connectivity index (χ1) is 9.79. The molecule has 0 fully saturated rings. The van der Waals surface area contributed by atoms with E-state index >= 15 is 0 Å². The Kier molecular flexibility index (Phi) is 4.50. The normalized spacial score (nSPS) is 11.4. The molecule has 0 radical (unpaired) electrons. The summed E-state index contributed by atoms with van der Waals surface area (Å²) >= 11 is 3.20. The van der Waals surface area contributed by atoms with Gasteiger partial charge in [0.25, 0.3) is 15.9 Å². The fraction of sp³-hybridized carbons (Fsp3) is 0.154. The Hall–Kier alpha value is -1.64. The third-order valence-electron chi connectivity index (χ3n) is 2.82. The number of halogens is 1. The summed E-state index contributed by atoms with van der Waals surface area (Å²) in [7, 11) is -3.82. The number of aromatic nitrogens is 1. The average molecular weight is 372 g/mol. The summed E-state index contributed by atoms with van der Waals surface area (Å²) < 4.78 is 25.1. The fourth-order valence-electron chi connectivity index (χ4n) is 1.73. The van der Waals surface area contributed by atoms with Gasteiger partial charge in [-0.3, -0.25) is 10.2 Å². The van der Waals surface area contributed by atoms with E-state index < -0.39 is 15.9 Å². The van der Waals surface area contributed by atoms with Crippen molar-refractivity contribution in [2.75, 3.05) is 0 Å². The quantitative estimate of drug-likeness (QED) is 0.717. The van der Waals surface area contributed by atoms with Gasteiger partial charge in [-0.05, 0) is 53.0 Å². The van der Waals surface area contributed by atoms with E-state index in [-0.39, 0.29) is 10.6 Å². The van der Waals surface area contributed by atoms with Crippen molar-refractivity contribution >= 4 is 31.9 Å². The number of benzene rings is 1. The van der Waals surface area contributed by atoms with E-state index in [0.717, 1.165) is 5.56 Å². The molecule has 0 saturated heterocycles. The number of carbonyl (C=O) groups excluding carboxylic acids is 1. The summed E-state index contributed by atoms with van der Waals surface area (Å²) in [4.78, 5) is 16.7. The van der Waals surface area contributed by atoms with Gasteiger partial charge >= 0.3 is 0 Å². The minimum atomic E-state index is -3.82. The lowest BCUT2D eigenvalue weighted by Crippen LogP contribution is -2.41. The predicted molar refractivity (Wildman–Crippen MR) is 82.2 cm³/mol. The summed E-state index contributed by atoms with van der Waals surface area (Å²) in [6.45, 7) is 3.49. The van der Waals surface area contributed by atoms with Gasteiger partial charge in [-0.15, -0.1) is 4.83 Å². The summed E-state index contributed by atoms with van der Waals surface area (Å²) in [6.07, 6.45) is 1.58. The van der Waals surface area contributed by atoms with Gasteiger partial charge in [0.1, 0.15) is 5.69 Å². The Balaban J connectivity index is 2.15. The molecular weight excluding hydrogens is 358 g/mol. The number of carbonyl (C=O) groups is 1. The average Bonchev–Trinajstić information content (AvgIpc) is 2.85. The number of sulfonamides is 1. The first-order valence-electron chi connectivity index (χ1n) is 6.03. The zero-order valence-corrected chi connectivity index (χ0v) is 13.8. The third kappa shape index (κ3) is 3.72. The number of amides is 1. The van der Waals surface area contributed by atoms with Gasteiger partial charge in [0, 0.05) is 10.7 Å². The van der Waals surface area contributed by atoms with E-state index in [4.69, 9.17) is 0 Å². The van der Waals surface area contributed by atoms with Crippen LogP contribution in [0.5, 0.6) is 0 Å². The number of hydrazine groups is 1. The standard InChI is InChI=1S/C13H14BrN3O3S/c1-8-3-4-9(2)12(5-8)21(19,20)17-16-13(18)11-6-10(14)7-15-11/h3-7,15,17H,1-2H3,(H,16,18). The van der Waals surface area contributed by atoms with E-state index in [1.165, 1.54) is 0 Å². The number of hydrogen-bond donors (Lipinski definition) is 3. The summed E-state index contributed by atoms with van der Waals surface area (Å²) in [5.41, 5.74) is 3.83. The molecule has 1 heterocycles. The number of nitrogens with one attached hydrogen (secondary N) is 3. The van der Waals surface area contributed by atoms with Crippen molar-refractivity contribution in [3.63, 3.8) is 0 Å². The molecule has 0 spiro atoms. The van der Waals surface area contributed by atoms with Crippen LogP contribution in [0.25, 0.3) is 0 Å². The Morgan fingerprint density at radius 3 is 2.57 bits per heavy atom. The molecule has 2 aromatic rings. The van der Waals surface area contributed by atoms with Crippen molar-refractivity contribution < 1.29 is 13.2 Å². The molecule has 0 atom stereocenters. The maximum Gasteiger partial charge on any atom is 0.282 e. The van der Waals surface area contributed by atoms with Crippen LogP contribution in [-0.2, 0) is 10.0 Å². The second-order valence-electron chi connectivity index (χ2n) is 4.56. The highest BCUT2D eigenvalue weighted by molar-refractivity contribution is 9.10. The molecule has 0 aliphatic heterocycles. The van der Waals surface area contributed by atoms with Crippen LogP contribution in [0.4, 0.5) is 0 Å². The molecule has 1 aromatic carbocycles. The Morgan fingerprint density at radius 2 is 1.95 bits per heavy atom. The Labute approximate surface area is 131 Å². The van der Waals surface area contributed by atoms with Crippen LogP contribution >= 0.6 is 15.9 Å². The van der Waals surface area contributed by atoms with Crippen molar-refractivity contribution in [1.82, 2.24) is 15.2 Å². The highest BCUT2D eigenvalue weighted by Gasteiger charge is 2.18. The van der Waals surface area contributed by atoms with Gasteiger partial charge in [0.2, 0.25) is 0 Å². The van der Waals surface area contributed by atoms with Crippen LogP contribution in [-0.4, -0.2) is 19.3 Å². The van der Waals surface area contributed by atoms with Crippen LogP contribution in [0.1, 0.15) is 21.6 Å². The second kappa shape index (κ2) is 6.00. The molecule has 0 aliphatic carbocycles. The van der Waals surface area contributed by atoms with E-state index in [9.17, 15) is 13.2 Å². The molecular formula is C13H14BrN3O3S. The summed E-state index contributed by atoms with van der Waals surface area (Å²) in [6, 6.07) is 6.63. The molecule has 0 unspecified atom stereocenters. The monoisotopic (exact) mass is 371 g/mol. The van der Waals surface area contributed by atoms with Gasteiger partial charge in [-0.1, -0.05) is 12.1 Å². The van der Waals surface area contributed by atoms with Gasteiger partial charge < -0.3 is 4.98 Å². The fourth-order valence-corrected chi connectivity index (χ4v) is 3.25. The number of rotatable bonds is 4. The van der Waals surface area contributed by atoms with Crippen LogP contribution in [0.2, 0.25) is 0 Å². The molecule has 1 aromatic heterocycles. The predicted octanol–water partition coefficient (Wildman–Crippen LogP) is 2.02. The number of hydrogen-bond acceptors (Lipinski definition) is 3. The topological polar surface area (TPSA) is 91.1 Å². The smallest absolute Gasteiger partial charge is 0.282 e. The van der Waals surface area contributed by atoms with Gasteiger partial charge in [-0.2, -0.15) is 0 Å². The molecule has 112 valence electrons. The van der Waals surface area contributed by atoms with Gasteiger partial charge in [0.15, 0.2) is 0 Å². The molecule has 0 saturated carbocycles. The van der Waals surface area contributed by atoms with Gasteiger partial charge in [0.05, 0.1) is 4.90 Å². The molecule has 0 aliphatic rings. The zero-order valence-electron chi connectivity index (χ0n) is 11.4. The van der Waals surface area contributed by atoms with Crippen LogP contribution in [0.15, 0.2) is 39.8 Å². The highest BCUT2D eigenvalue weighted by atomic mass is 79.9. The number of aryl methyl sites for hydroxylation is 2. The van der Waals surface area contributed by atoms with Crippen molar-refractivity contribution in [2.45, 2.75) is 18.7 Å². The van der Waals surface area contributed by atoms with Crippen LogP contribution < -0.4 is 10.3 Å². The minimum Gasteiger partial charge on any atom is -0.356 e. The lowest BCUT2D eigenvalue weighted by Gasteiger charge is -2.10. The minimum absolute atomic E-state index is 0.135. The molecule has 1 amide bonds. The number of aromatic amines is 1. The van der Waals surface area contributed by atoms with Crippen molar-refractivity contribution in [1.29, 1.82) is 0 Å². The van der Waals surface area contributed by atoms with E-state index in [1.807, 2.05) is 6.07 Å². The van der Waals surface area contributed by atoms with E-state index in [1.54, 1.807) is 38.2 Å². The summed E-state index contributed by atoms with van der Waals surface area (Å²) in [5.74, 6) is -0.574. The molecule has 6 nitrogen and oxygen atoms in total. The van der Waals surface area contributed by atoms with Crippen molar-refractivity contribution in [3.05, 3.63) is 51.8 Å². The molecule has 0 bridgehead atoms. The molecule has 8 heteroatoms. The highest BCUT2D eigenvalue weighted by Crippen LogP contribution is 2.16. The third-order valence-corrected chi connectivity index (χ3v) is 4.67. The molecule has 2 rings (SSSR count). The molecule has 21 heavy (non-hydrogen) atoms. The maximum atomic E-state index is 12.2. The van der Waals surface area contributed by atoms with Crippen molar-refractivity contribution in [3.8, 4) is 0 Å². The molecule has 3 N–H and O–H groups in total. The number of H-pyrrole nitrogens is 1. The second-order valence-corrected chi connectivity index (χ2v) is 7.13. The van der Waals surface area contributed by atoms with Crippen LogP contribution in [0.3, 0.4) is 0 Å². The zero-order chi connectivity index (χ0) is 15.6. The first kappa shape index (κ1) is 15.7. The van der Waals surface area contributed by atoms with Gasteiger partial charge in [-0.25, -0.2) is 8.42 Å². The first-order valence-corrected chi connectivity index (χ1v) is 8.30. The van der Waals surface area contributed by atoms with Crippen molar-refractivity contribution in [2.24, 2.45) is 0 Å².